The summed E-state index contributed by atoms with van der Waals surface area (Å²) in [7, 11) is 0. The quantitative estimate of drug-likeness (QED) is 0.301. The van der Waals surface area contributed by atoms with Crippen LogP contribution in [-0.4, -0.2) is 53.6 Å². The zero-order valence-corrected chi connectivity index (χ0v) is 19.5. The van der Waals surface area contributed by atoms with Gasteiger partial charge in [-0.25, -0.2) is 9.97 Å². The molecule has 3 heterocycles. The van der Waals surface area contributed by atoms with Crippen LogP contribution in [0.25, 0.3) is 11.0 Å². The molecule has 4 aromatic rings. The number of benzene rings is 2. The summed E-state index contributed by atoms with van der Waals surface area (Å²) in [5, 5.41) is 4.74. The topological polar surface area (TPSA) is 80.5 Å². The van der Waals surface area contributed by atoms with Crippen LogP contribution in [0.5, 0.6) is 0 Å². The van der Waals surface area contributed by atoms with Crippen molar-refractivity contribution in [3.05, 3.63) is 89.9 Å². The molecule has 1 unspecified atom stereocenters. The van der Waals surface area contributed by atoms with Gasteiger partial charge >= 0.3 is 0 Å². The van der Waals surface area contributed by atoms with Gasteiger partial charge < -0.3 is 14.5 Å². The van der Waals surface area contributed by atoms with Crippen molar-refractivity contribution in [3.8, 4) is 0 Å². The van der Waals surface area contributed by atoms with E-state index in [1.165, 1.54) is 17.3 Å². The van der Waals surface area contributed by atoms with Crippen LogP contribution in [0.4, 0.5) is 0 Å². The number of morpholine rings is 1. The lowest BCUT2D eigenvalue weighted by molar-refractivity contribution is 0.0161. The minimum atomic E-state index is -0.213. The van der Waals surface area contributed by atoms with Crippen LogP contribution >= 0.6 is 11.8 Å². The Morgan fingerprint density at radius 2 is 1.74 bits per heavy atom. The smallest absolute Gasteiger partial charge is 0.287 e. The standard InChI is InChI=1S/C26H26N4O3S/c31-25(29-17-22(19-7-2-1-3-8-19)30-13-15-32-16-14-30)24-21(18-34-26-27-11-6-12-28-26)20-9-4-5-10-23(20)33-24/h1-12,22H,13-18H2,(H,29,31). The molecule has 1 N–H and O–H groups in total. The molecule has 0 saturated carbocycles. The number of nitrogens with one attached hydrogen (secondary N) is 1. The molecule has 2 aromatic carbocycles. The Hall–Kier alpha value is -3.20. The molecule has 1 aliphatic heterocycles. The number of ether oxygens (including phenoxy) is 1. The van der Waals surface area contributed by atoms with E-state index in [0.717, 1.165) is 24.0 Å². The fourth-order valence-corrected chi connectivity index (χ4v) is 5.04. The average molecular weight is 475 g/mol. The van der Waals surface area contributed by atoms with Crippen molar-refractivity contribution in [1.29, 1.82) is 0 Å². The number of nitrogens with zero attached hydrogens (tertiary/aromatic N) is 3. The second-order valence-electron chi connectivity index (χ2n) is 8.01. The molecule has 1 saturated heterocycles. The predicted octanol–water partition coefficient (Wildman–Crippen LogP) is 4.32. The number of hydrogen-bond donors (Lipinski definition) is 1. The van der Waals surface area contributed by atoms with Crippen molar-refractivity contribution in [2.45, 2.75) is 17.0 Å². The van der Waals surface area contributed by atoms with Crippen LogP contribution < -0.4 is 5.32 Å². The minimum absolute atomic E-state index is 0.0639. The molecule has 1 amide bonds. The fraction of sp³-hybridized carbons (Fsp3) is 0.269. The van der Waals surface area contributed by atoms with E-state index in [1.807, 2.05) is 42.5 Å². The molecule has 174 valence electrons. The lowest BCUT2D eigenvalue weighted by Crippen LogP contribution is -2.43. The van der Waals surface area contributed by atoms with Crippen molar-refractivity contribution >= 4 is 28.6 Å². The molecular formula is C26H26N4O3S. The average Bonchev–Trinajstić information content (AvgIpc) is 3.28. The van der Waals surface area contributed by atoms with Gasteiger partial charge in [-0.2, -0.15) is 0 Å². The number of aromatic nitrogens is 2. The molecular weight excluding hydrogens is 448 g/mol. The molecule has 1 aliphatic rings. The van der Waals surface area contributed by atoms with Crippen LogP contribution in [0, 0.1) is 0 Å². The van der Waals surface area contributed by atoms with E-state index in [9.17, 15) is 4.79 Å². The molecule has 0 spiro atoms. The van der Waals surface area contributed by atoms with Crippen LogP contribution in [0.3, 0.4) is 0 Å². The first-order chi connectivity index (χ1) is 16.8. The molecule has 0 radical (unpaired) electrons. The summed E-state index contributed by atoms with van der Waals surface area (Å²) in [5.41, 5.74) is 2.73. The highest BCUT2D eigenvalue weighted by atomic mass is 32.2. The number of carbonyl (C=O) groups excluding carboxylic acids is 1. The number of furan rings is 1. The van der Waals surface area contributed by atoms with Gasteiger partial charge in [0, 0.05) is 48.7 Å². The van der Waals surface area contributed by atoms with Gasteiger partial charge in [-0.15, -0.1) is 0 Å². The summed E-state index contributed by atoms with van der Waals surface area (Å²) in [6, 6.07) is 19.9. The Balaban J connectivity index is 1.37. The van der Waals surface area contributed by atoms with Gasteiger partial charge in [-0.3, -0.25) is 9.69 Å². The third kappa shape index (κ3) is 5.14. The summed E-state index contributed by atoms with van der Waals surface area (Å²) in [5.74, 6) is 0.670. The highest BCUT2D eigenvalue weighted by Gasteiger charge is 2.26. The highest BCUT2D eigenvalue weighted by molar-refractivity contribution is 7.98. The predicted molar refractivity (Wildman–Crippen MR) is 132 cm³/mol. The van der Waals surface area contributed by atoms with Crippen molar-refractivity contribution < 1.29 is 13.9 Å². The maximum absolute atomic E-state index is 13.4. The Morgan fingerprint density at radius 1 is 1.00 bits per heavy atom. The second kappa shape index (κ2) is 10.8. The lowest BCUT2D eigenvalue weighted by atomic mass is 10.0. The largest absolute Gasteiger partial charge is 0.451 e. The third-order valence-electron chi connectivity index (χ3n) is 5.92. The highest BCUT2D eigenvalue weighted by Crippen LogP contribution is 2.31. The lowest BCUT2D eigenvalue weighted by Gasteiger charge is -2.34. The van der Waals surface area contributed by atoms with Gasteiger partial charge in [0.25, 0.3) is 5.91 Å². The summed E-state index contributed by atoms with van der Waals surface area (Å²) >= 11 is 1.48. The maximum Gasteiger partial charge on any atom is 0.287 e. The van der Waals surface area contributed by atoms with Crippen LogP contribution in [-0.2, 0) is 10.5 Å². The minimum Gasteiger partial charge on any atom is -0.451 e. The number of fused-ring (bicyclic) bond motifs is 1. The van der Waals surface area contributed by atoms with Gasteiger partial charge in [-0.05, 0) is 17.7 Å². The molecule has 1 atom stereocenters. The number of amides is 1. The van der Waals surface area contributed by atoms with Gasteiger partial charge in [0.15, 0.2) is 10.9 Å². The number of carbonyl (C=O) groups is 1. The second-order valence-corrected chi connectivity index (χ2v) is 8.95. The van der Waals surface area contributed by atoms with Gasteiger partial charge in [0.05, 0.1) is 19.3 Å². The molecule has 5 rings (SSSR count). The number of para-hydroxylation sites is 1. The molecule has 1 fully saturated rings. The Bertz CT molecular complexity index is 1230. The summed E-state index contributed by atoms with van der Waals surface area (Å²) in [6.45, 7) is 3.54. The summed E-state index contributed by atoms with van der Waals surface area (Å²) in [4.78, 5) is 24.3. The van der Waals surface area contributed by atoms with Crippen molar-refractivity contribution in [1.82, 2.24) is 20.2 Å². The first-order valence-corrected chi connectivity index (χ1v) is 12.3. The van der Waals surface area contributed by atoms with E-state index < -0.39 is 0 Å². The number of thioether (sulfide) groups is 1. The van der Waals surface area contributed by atoms with Gasteiger partial charge in [0.2, 0.25) is 0 Å². The van der Waals surface area contributed by atoms with Gasteiger partial charge in [0.1, 0.15) is 5.58 Å². The summed E-state index contributed by atoms with van der Waals surface area (Å²) < 4.78 is 11.6. The van der Waals surface area contributed by atoms with Crippen molar-refractivity contribution in [2.24, 2.45) is 0 Å². The van der Waals surface area contributed by atoms with E-state index >= 15 is 0 Å². The Labute approximate surface area is 202 Å². The number of hydrogen-bond acceptors (Lipinski definition) is 7. The van der Waals surface area contributed by atoms with E-state index in [4.69, 9.17) is 9.15 Å². The van der Waals surface area contributed by atoms with Gasteiger partial charge in [-0.1, -0.05) is 60.3 Å². The Morgan fingerprint density at radius 3 is 2.53 bits per heavy atom. The zero-order valence-electron chi connectivity index (χ0n) is 18.7. The van der Waals surface area contributed by atoms with Crippen LogP contribution in [0.2, 0.25) is 0 Å². The molecule has 7 nitrogen and oxygen atoms in total. The first-order valence-electron chi connectivity index (χ1n) is 11.3. The molecule has 2 aromatic heterocycles. The van der Waals surface area contributed by atoms with Crippen molar-refractivity contribution in [3.63, 3.8) is 0 Å². The monoisotopic (exact) mass is 474 g/mol. The molecule has 0 aliphatic carbocycles. The van der Waals surface area contributed by atoms with Crippen LogP contribution in [0.15, 0.2) is 82.6 Å². The zero-order chi connectivity index (χ0) is 23.2. The van der Waals surface area contributed by atoms with E-state index in [2.05, 4.69) is 32.3 Å². The SMILES string of the molecule is O=C(NCC(c1ccccc1)N1CCOCC1)c1oc2ccccc2c1CSc1ncccn1. The maximum atomic E-state index is 13.4. The Kier molecular flexibility index (Phi) is 7.19. The fourth-order valence-electron chi connectivity index (χ4n) is 4.21. The van der Waals surface area contributed by atoms with Crippen LogP contribution in [0.1, 0.15) is 27.7 Å². The van der Waals surface area contributed by atoms with E-state index in [0.29, 0.717) is 42.0 Å². The van der Waals surface area contributed by atoms with E-state index in [1.54, 1.807) is 18.5 Å². The third-order valence-corrected chi connectivity index (χ3v) is 6.82. The van der Waals surface area contributed by atoms with Crippen molar-refractivity contribution in [2.75, 3.05) is 32.8 Å². The first kappa shape index (κ1) is 22.6. The molecule has 8 heteroatoms. The molecule has 0 bridgehead atoms. The number of rotatable bonds is 8. The molecule has 34 heavy (non-hydrogen) atoms. The summed E-state index contributed by atoms with van der Waals surface area (Å²) in [6.07, 6.45) is 3.43. The van der Waals surface area contributed by atoms with E-state index in [-0.39, 0.29) is 11.9 Å². The normalized spacial score (nSPS) is 15.3.